The lowest BCUT2D eigenvalue weighted by molar-refractivity contribution is -0.150. The summed E-state index contributed by atoms with van der Waals surface area (Å²) in [6.07, 6.45) is 9.55. The second-order valence-corrected chi connectivity index (χ2v) is 6.97. The minimum absolute atomic E-state index is 0.280. The lowest BCUT2D eigenvalue weighted by Gasteiger charge is -2.45. The molecule has 1 atom stereocenters. The number of likely N-dealkylation sites (tertiary alicyclic amines) is 1. The number of carbonyl (C=O) groups is 1. The van der Waals surface area contributed by atoms with Crippen LogP contribution >= 0.6 is 0 Å². The number of piperidine rings is 1. The van der Waals surface area contributed by atoms with Gasteiger partial charge in [-0.1, -0.05) is 19.3 Å². The first-order valence-electron chi connectivity index (χ1n) is 8.16. The van der Waals surface area contributed by atoms with Gasteiger partial charge in [-0.15, -0.1) is 0 Å². The Kier molecular flexibility index (Phi) is 5.08. The summed E-state index contributed by atoms with van der Waals surface area (Å²) in [4.78, 5) is 14.2. The summed E-state index contributed by atoms with van der Waals surface area (Å²) in [6, 6.07) is 0. The van der Waals surface area contributed by atoms with Crippen LogP contribution in [0.4, 0.5) is 0 Å². The van der Waals surface area contributed by atoms with Crippen molar-refractivity contribution in [2.75, 3.05) is 26.2 Å². The number of rotatable bonds is 4. The second-order valence-electron chi connectivity index (χ2n) is 6.97. The van der Waals surface area contributed by atoms with Crippen molar-refractivity contribution >= 4 is 5.97 Å². The topological polar surface area (TPSA) is 55.6 Å². The van der Waals surface area contributed by atoms with E-state index < -0.39 is 5.54 Å². The van der Waals surface area contributed by atoms with Crippen LogP contribution in [0, 0.1) is 5.41 Å². The molecule has 1 unspecified atom stereocenters. The van der Waals surface area contributed by atoms with Gasteiger partial charge in [-0.05, 0) is 58.0 Å². The average Bonchev–Trinajstić information content (AvgIpc) is 2.43. The maximum Gasteiger partial charge on any atom is 0.327 e. The Morgan fingerprint density at radius 1 is 1.20 bits per heavy atom. The summed E-state index contributed by atoms with van der Waals surface area (Å²) in [6.45, 7) is 6.77. The lowest BCUT2D eigenvalue weighted by atomic mass is 9.68. The smallest absolute Gasteiger partial charge is 0.327 e. The van der Waals surface area contributed by atoms with E-state index in [0.717, 1.165) is 13.1 Å². The highest BCUT2D eigenvalue weighted by molar-refractivity contribution is 5.80. The predicted molar refractivity (Wildman–Crippen MR) is 80.4 cm³/mol. The minimum Gasteiger partial charge on any atom is -0.465 e. The fraction of sp³-hybridized carbons (Fsp3) is 0.938. The first-order chi connectivity index (χ1) is 9.47. The van der Waals surface area contributed by atoms with E-state index >= 15 is 0 Å². The molecule has 116 valence electrons. The molecule has 0 aromatic rings. The van der Waals surface area contributed by atoms with E-state index in [1.807, 2.05) is 6.92 Å². The van der Waals surface area contributed by atoms with Gasteiger partial charge >= 0.3 is 5.97 Å². The minimum atomic E-state index is -0.882. The van der Waals surface area contributed by atoms with E-state index in [1.165, 1.54) is 44.9 Å². The molecule has 2 rings (SSSR count). The molecule has 20 heavy (non-hydrogen) atoms. The van der Waals surface area contributed by atoms with E-state index in [1.54, 1.807) is 6.92 Å². The molecule has 2 aliphatic rings. The third-order valence-corrected chi connectivity index (χ3v) is 5.12. The van der Waals surface area contributed by atoms with Gasteiger partial charge in [-0.2, -0.15) is 0 Å². The Labute approximate surface area is 123 Å². The quantitative estimate of drug-likeness (QED) is 0.804. The molecule has 0 aromatic carbocycles. The number of carbonyl (C=O) groups excluding carboxylic acids is 1. The molecule has 1 aliphatic heterocycles. The van der Waals surface area contributed by atoms with E-state index in [-0.39, 0.29) is 5.97 Å². The highest BCUT2D eigenvalue weighted by atomic mass is 16.5. The monoisotopic (exact) mass is 282 g/mol. The zero-order chi connectivity index (χ0) is 14.6. The van der Waals surface area contributed by atoms with Gasteiger partial charge in [-0.3, -0.25) is 4.79 Å². The lowest BCUT2D eigenvalue weighted by Crippen LogP contribution is -2.56. The van der Waals surface area contributed by atoms with Crippen molar-refractivity contribution in [3.63, 3.8) is 0 Å². The molecule has 0 aromatic heterocycles. The molecular formula is C16H30N2O2. The fourth-order valence-electron chi connectivity index (χ4n) is 3.81. The predicted octanol–water partition coefficient (Wildman–Crippen LogP) is 2.31. The molecule has 2 fully saturated rings. The molecule has 0 radical (unpaired) electrons. The Balaban J connectivity index is 1.83. The van der Waals surface area contributed by atoms with Crippen LogP contribution in [0.2, 0.25) is 0 Å². The molecule has 1 heterocycles. The van der Waals surface area contributed by atoms with Crippen LogP contribution in [-0.2, 0) is 9.53 Å². The van der Waals surface area contributed by atoms with Crippen LogP contribution in [0.25, 0.3) is 0 Å². The summed E-state index contributed by atoms with van der Waals surface area (Å²) >= 11 is 0. The Morgan fingerprint density at radius 3 is 2.35 bits per heavy atom. The van der Waals surface area contributed by atoms with Crippen molar-refractivity contribution in [2.45, 2.75) is 64.3 Å². The van der Waals surface area contributed by atoms with E-state index in [2.05, 4.69) is 4.90 Å². The van der Waals surface area contributed by atoms with Crippen molar-refractivity contribution < 1.29 is 9.53 Å². The summed E-state index contributed by atoms with van der Waals surface area (Å²) in [5.41, 5.74) is 5.85. The van der Waals surface area contributed by atoms with Gasteiger partial charge in [0, 0.05) is 6.54 Å². The third kappa shape index (κ3) is 3.73. The Bertz CT molecular complexity index is 325. The molecule has 1 saturated heterocycles. The first-order valence-corrected chi connectivity index (χ1v) is 8.16. The van der Waals surface area contributed by atoms with Crippen molar-refractivity contribution in [1.82, 2.24) is 4.90 Å². The van der Waals surface area contributed by atoms with Gasteiger partial charge < -0.3 is 15.4 Å². The zero-order valence-corrected chi connectivity index (χ0v) is 13.1. The van der Waals surface area contributed by atoms with Gasteiger partial charge in [-0.25, -0.2) is 0 Å². The highest BCUT2D eigenvalue weighted by Crippen LogP contribution is 2.44. The van der Waals surface area contributed by atoms with Crippen LogP contribution in [0.3, 0.4) is 0 Å². The maximum atomic E-state index is 11.9. The number of hydrogen-bond acceptors (Lipinski definition) is 4. The van der Waals surface area contributed by atoms with Crippen molar-refractivity contribution in [2.24, 2.45) is 11.1 Å². The molecule has 0 amide bonds. The number of hydrogen-bond donors (Lipinski definition) is 1. The molecule has 0 bridgehead atoms. The Morgan fingerprint density at radius 2 is 1.80 bits per heavy atom. The van der Waals surface area contributed by atoms with Gasteiger partial charge in [0.15, 0.2) is 0 Å². The number of esters is 1. The van der Waals surface area contributed by atoms with Crippen LogP contribution < -0.4 is 5.73 Å². The molecule has 4 nitrogen and oxygen atoms in total. The van der Waals surface area contributed by atoms with Gasteiger partial charge in [0.2, 0.25) is 0 Å². The van der Waals surface area contributed by atoms with E-state index in [4.69, 9.17) is 10.5 Å². The summed E-state index contributed by atoms with van der Waals surface area (Å²) in [5.74, 6) is -0.280. The Hall–Kier alpha value is -0.610. The third-order valence-electron chi connectivity index (χ3n) is 5.12. The van der Waals surface area contributed by atoms with Crippen LogP contribution in [-0.4, -0.2) is 42.6 Å². The molecule has 4 heteroatoms. The summed E-state index contributed by atoms with van der Waals surface area (Å²) < 4.78 is 5.07. The average molecular weight is 282 g/mol. The van der Waals surface area contributed by atoms with Crippen molar-refractivity contribution in [1.29, 1.82) is 0 Å². The van der Waals surface area contributed by atoms with Crippen LogP contribution in [0.15, 0.2) is 0 Å². The zero-order valence-electron chi connectivity index (χ0n) is 13.1. The van der Waals surface area contributed by atoms with Gasteiger partial charge in [0.1, 0.15) is 5.54 Å². The number of nitrogens with zero attached hydrogens (tertiary/aromatic N) is 1. The van der Waals surface area contributed by atoms with E-state index in [0.29, 0.717) is 18.6 Å². The summed E-state index contributed by atoms with van der Waals surface area (Å²) in [5, 5.41) is 0. The normalized spacial score (nSPS) is 26.1. The van der Waals surface area contributed by atoms with Gasteiger partial charge in [0.25, 0.3) is 0 Å². The molecular weight excluding hydrogens is 252 g/mol. The standard InChI is InChI=1S/C16H30N2O2/c1-3-20-14(19)15(2,17)13-18-11-9-16(10-12-18)7-5-4-6-8-16/h3-13,17H2,1-2H3. The highest BCUT2D eigenvalue weighted by Gasteiger charge is 2.38. The van der Waals surface area contributed by atoms with Crippen LogP contribution in [0.1, 0.15) is 58.8 Å². The maximum absolute atomic E-state index is 11.9. The molecule has 2 N–H and O–H groups in total. The number of ether oxygens (including phenoxy) is 1. The van der Waals surface area contributed by atoms with Crippen LogP contribution in [0.5, 0.6) is 0 Å². The van der Waals surface area contributed by atoms with Crippen molar-refractivity contribution in [3.05, 3.63) is 0 Å². The SMILES string of the molecule is CCOC(=O)C(C)(N)CN1CCC2(CCCCC2)CC1. The first kappa shape index (κ1) is 15.8. The van der Waals surface area contributed by atoms with Gasteiger partial charge in [0.05, 0.1) is 6.61 Å². The second kappa shape index (κ2) is 6.44. The van der Waals surface area contributed by atoms with E-state index in [9.17, 15) is 4.79 Å². The molecule has 1 aliphatic carbocycles. The molecule has 1 saturated carbocycles. The fourth-order valence-corrected chi connectivity index (χ4v) is 3.81. The van der Waals surface area contributed by atoms with Crippen molar-refractivity contribution in [3.8, 4) is 0 Å². The number of nitrogens with two attached hydrogens (primary N) is 1. The molecule has 1 spiro atoms. The summed E-state index contributed by atoms with van der Waals surface area (Å²) in [7, 11) is 0. The largest absolute Gasteiger partial charge is 0.465 e.